The maximum absolute atomic E-state index is 3.30. The van der Waals surface area contributed by atoms with Gasteiger partial charge in [-0.05, 0) is 43.6 Å². The molecule has 0 aromatic carbocycles. The quantitative estimate of drug-likeness (QED) is 0.592. The van der Waals surface area contributed by atoms with Crippen LogP contribution >= 0.6 is 0 Å². The van der Waals surface area contributed by atoms with E-state index in [0.717, 1.165) is 0 Å². The first-order chi connectivity index (χ1) is 6.18. The summed E-state index contributed by atoms with van der Waals surface area (Å²) in [6.45, 7) is 6.41. The van der Waals surface area contributed by atoms with Crippen LogP contribution in [0.15, 0.2) is 46.3 Å². The number of fused-ring (bicyclic) bond motifs is 1. The monoisotopic (exact) mass is 172 g/mol. The topological polar surface area (TPSA) is 12.0 Å². The normalized spacial score (nSPS) is 21.3. The fraction of sp³-hybridized carbons (Fsp3) is 0.250. The second kappa shape index (κ2) is 2.91. The Hall–Kier alpha value is -1.24. The van der Waals surface area contributed by atoms with Crippen molar-refractivity contribution in [3.05, 3.63) is 52.8 Å². The minimum atomic E-state index is 1.23. The van der Waals surface area contributed by atoms with Gasteiger partial charge < -0.3 is 5.32 Å². The van der Waals surface area contributed by atoms with Crippen molar-refractivity contribution in [1.29, 1.82) is 0 Å². The van der Waals surface area contributed by atoms with Gasteiger partial charge in [-0.2, -0.15) is 0 Å². The molecule has 1 aliphatic carbocycles. The van der Waals surface area contributed by atoms with Crippen LogP contribution in [-0.2, 0) is 0 Å². The summed E-state index contributed by atoms with van der Waals surface area (Å²) >= 11 is 0. The summed E-state index contributed by atoms with van der Waals surface area (Å²) in [5.74, 6) is 0. The molecular formula is C12H14N. The predicted octanol–water partition coefficient (Wildman–Crippen LogP) is 2.86. The molecule has 0 saturated heterocycles. The lowest BCUT2D eigenvalue weighted by Gasteiger charge is -2.23. The van der Waals surface area contributed by atoms with Crippen LogP contribution in [0.25, 0.3) is 0 Å². The maximum Gasteiger partial charge on any atom is 0.0424 e. The van der Waals surface area contributed by atoms with E-state index in [1.807, 2.05) is 0 Å². The average Bonchev–Trinajstić information content (AvgIpc) is 2.12. The Morgan fingerprint density at radius 2 is 1.92 bits per heavy atom. The molecule has 0 aromatic rings. The highest BCUT2D eigenvalue weighted by Gasteiger charge is 2.15. The zero-order valence-electron chi connectivity index (χ0n) is 8.31. The van der Waals surface area contributed by atoms with Crippen molar-refractivity contribution < 1.29 is 0 Å². The summed E-state index contributed by atoms with van der Waals surface area (Å²) in [6.07, 6.45) is 8.59. The van der Waals surface area contributed by atoms with Gasteiger partial charge in [0.25, 0.3) is 0 Å². The highest BCUT2D eigenvalue weighted by molar-refractivity contribution is 5.57. The second-order valence-corrected chi connectivity index (χ2v) is 3.65. The Kier molecular flexibility index (Phi) is 1.87. The predicted molar refractivity (Wildman–Crippen MR) is 55.7 cm³/mol. The Morgan fingerprint density at radius 1 is 1.15 bits per heavy atom. The van der Waals surface area contributed by atoms with Gasteiger partial charge in [-0.15, -0.1) is 0 Å². The van der Waals surface area contributed by atoms with E-state index >= 15 is 0 Å². The van der Waals surface area contributed by atoms with Crippen molar-refractivity contribution in [2.75, 3.05) is 0 Å². The Bertz CT molecular complexity index is 365. The molecule has 1 N–H and O–H groups in total. The molecule has 2 rings (SSSR count). The molecule has 0 aromatic heterocycles. The number of nitrogens with one attached hydrogen (secondary N) is 1. The fourth-order valence-corrected chi connectivity index (χ4v) is 1.61. The second-order valence-electron chi connectivity index (χ2n) is 3.65. The molecule has 1 radical (unpaired) electrons. The number of dihydropyridines is 1. The lowest BCUT2D eigenvalue weighted by molar-refractivity contribution is 0.990. The third-order valence-electron chi connectivity index (χ3n) is 2.61. The van der Waals surface area contributed by atoms with E-state index in [0.29, 0.717) is 0 Å². The number of allylic oxidation sites excluding steroid dienone is 6. The Labute approximate surface area is 79.5 Å². The molecule has 2 aliphatic rings. The van der Waals surface area contributed by atoms with Crippen molar-refractivity contribution in [3.8, 4) is 0 Å². The summed E-state index contributed by atoms with van der Waals surface area (Å²) in [4.78, 5) is 0. The summed E-state index contributed by atoms with van der Waals surface area (Å²) in [5, 5.41) is 3.30. The molecule has 0 bridgehead atoms. The molecule has 0 unspecified atom stereocenters. The first kappa shape index (κ1) is 8.36. The molecule has 1 nitrogen and oxygen atoms in total. The summed E-state index contributed by atoms with van der Waals surface area (Å²) < 4.78 is 0. The van der Waals surface area contributed by atoms with Crippen LogP contribution in [0.3, 0.4) is 0 Å². The van der Waals surface area contributed by atoms with Crippen LogP contribution in [0.1, 0.15) is 20.8 Å². The van der Waals surface area contributed by atoms with Crippen molar-refractivity contribution in [3.63, 3.8) is 0 Å². The van der Waals surface area contributed by atoms with Crippen molar-refractivity contribution in [1.82, 2.24) is 5.32 Å². The van der Waals surface area contributed by atoms with Gasteiger partial charge >= 0.3 is 0 Å². The van der Waals surface area contributed by atoms with Crippen molar-refractivity contribution in [2.45, 2.75) is 20.8 Å². The van der Waals surface area contributed by atoms with E-state index in [9.17, 15) is 0 Å². The van der Waals surface area contributed by atoms with Crippen LogP contribution in [0.5, 0.6) is 0 Å². The first-order valence-corrected chi connectivity index (χ1v) is 4.57. The number of rotatable bonds is 0. The van der Waals surface area contributed by atoms with Gasteiger partial charge in [0.1, 0.15) is 0 Å². The molecular weight excluding hydrogens is 158 g/mol. The lowest BCUT2D eigenvalue weighted by Crippen LogP contribution is -2.17. The third kappa shape index (κ3) is 1.35. The lowest BCUT2D eigenvalue weighted by atomic mass is 9.91. The fourth-order valence-electron chi connectivity index (χ4n) is 1.61. The van der Waals surface area contributed by atoms with Crippen molar-refractivity contribution in [2.24, 2.45) is 0 Å². The van der Waals surface area contributed by atoms with Crippen LogP contribution in [0.4, 0.5) is 0 Å². The number of hydrogen-bond donors (Lipinski definition) is 1. The Morgan fingerprint density at radius 3 is 2.69 bits per heavy atom. The van der Waals surface area contributed by atoms with Crippen molar-refractivity contribution >= 4 is 0 Å². The maximum atomic E-state index is 3.30. The van der Waals surface area contributed by atoms with Crippen LogP contribution in [0, 0.1) is 6.42 Å². The molecule has 1 heteroatoms. The Balaban J connectivity index is 2.45. The van der Waals surface area contributed by atoms with Gasteiger partial charge in [0.2, 0.25) is 0 Å². The van der Waals surface area contributed by atoms with E-state index in [1.54, 1.807) is 0 Å². The first-order valence-electron chi connectivity index (χ1n) is 4.57. The summed E-state index contributed by atoms with van der Waals surface area (Å²) in [7, 11) is 0. The standard InChI is InChI=1S/C12H14N/c1-8-4-5-11-10(3)9(2)7-13-12(11)6-8/h4-7,13H,1-3H3. The highest BCUT2D eigenvalue weighted by atomic mass is 14.9. The van der Waals surface area contributed by atoms with Gasteiger partial charge in [-0.3, -0.25) is 0 Å². The highest BCUT2D eigenvalue weighted by Crippen LogP contribution is 2.29. The van der Waals surface area contributed by atoms with Crippen LogP contribution < -0.4 is 5.32 Å². The molecule has 0 fully saturated rings. The molecule has 0 atom stereocenters. The van der Waals surface area contributed by atoms with E-state index in [2.05, 4.69) is 50.9 Å². The van der Waals surface area contributed by atoms with E-state index in [-0.39, 0.29) is 0 Å². The molecule has 1 aliphatic heterocycles. The van der Waals surface area contributed by atoms with E-state index < -0.39 is 0 Å². The zero-order valence-corrected chi connectivity index (χ0v) is 8.31. The van der Waals surface area contributed by atoms with E-state index in [4.69, 9.17) is 0 Å². The SMILES string of the molecule is CC1=C[CH]C2=C(C)C(C)=CNC2=C1. The molecule has 13 heavy (non-hydrogen) atoms. The average molecular weight is 172 g/mol. The van der Waals surface area contributed by atoms with Gasteiger partial charge in [-0.25, -0.2) is 0 Å². The number of hydrogen-bond acceptors (Lipinski definition) is 1. The zero-order chi connectivity index (χ0) is 9.42. The van der Waals surface area contributed by atoms with Crippen LogP contribution in [0.2, 0.25) is 0 Å². The summed E-state index contributed by atoms with van der Waals surface area (Å²) in [6, 6.07) is 0. The largest absolute Gasteiger partial charge is 0.361 e. The molecule has 1 heterocycles. The molecule has 0 saturated carbocycles. The van der Waals surface area contributed by atoms with Crippen LogP contribution in [-0.4, -0.2) is 0 Å². The molecule has 67 valence electrons. The molecule has 0 amide bonds. The third-order valence-corrected chi connectivity index (χ3v) is 2.61. The van der Waals surface area contributed by atoms with Gasteiger partial charge in [0.05, 0.1) is 0 Å². The summed E-state index contributed by atoms with van der Waals surface area (Å²) in [5.41, 5.74) is 6.53. The van der Waals surface area contributed by atoms with Gasteiger partial charge in [-0.1, -0.05) is 11.6 Å². The van der Waals surface area contributed by atoms with Gasteiger partial charge in [0.15, 0.2) is 0 Å². The molecule has 0 spiro atoms. The minimum absolute atomic E-state index is 1.23. The smallest absolute Gasteiger partial charge is 0.0424 e. The van der Waals surface area contributed by atoms with E-state index in [1.165, 1.54) is 28.0 Å². The minimum Gasteiger partial charge on any atom is -0.361 e. The van der Waals surface area contributed by atoms with Gasteiger partial charge in [0, 0.05) is 18.3 Å².